The first-order valence-corrected chi connectivity index (χ1v) is 6.87. The lowest BCUT2D eigenvalue weighted by Crippen LogP contribution is -2.15. The minimum atomic E-state index is -0.369. The summed E-state index contributed by atoms with van der Waals surface area (Å²) in [5.74, 6) is 0.204. The molecule has 5 nitrogen and oxygen atoms in total. The van der Waals surface area contributed by atoms with Crippen molar-refractivity contribution < 1.29 is 9.90 Å². The number of nitrogens with zero attached hydrogens (tertiary/aromatic N) is 1. The number of hydrogen-bond acceptors (Lipinski definition) is 4. The van der Waals surface area contributed by atoms with Crippen LogP contribution < -0.4 is 10.6 Å². The van der Waals surface area contributed by atoms with Crippen molar-refractivity contribution >= 4 is 29.0 Å². The number of carbonyl (C=O) groups excluding carboxylic acids is 1. The van der Waals surface area contributed by atoms with Crippen LogP contribution in [0.3, 0.4) is 0 Å². The summed E-state index contributed by atoms with van der Waals surface area (Å²) in [5, 5.41) is 14.8. The minimum absolute atomic E-state index is 0.0992. The van der Waals surface area contributed by atoms with Gasteiger partial charge < -0.3 is 15.7 Å². The van der Waals surface area contributed by atoms with Crippen molar-refractivity contribution in [2.45, 2.75) is 6.42 Å². The quantitative estimate of drug-likeness (QED) is 0.793. The summed E-state index contributed by atoms with van der Waals surface area (Å²) in [6.07, 6.45) is 0.589. The van der Waals surface area contributed by atoms with E-state index in [0.29, 0.717) is 22.9 Å². The van der Waals surface area contributed by atoms with Gasteiger partial charge in [0.15, 0.2) is 0 Å². The van der Waals surface area contributed by atoms with E-state index in [4.69, 9.17) is 16.7 Å². The summed E-state index contributed by atoms with van der Waals surface area (Å²) in [6, 6.07) is 10.6. The first-order valence-electron chi connectivity index (χ1n) is 6.49. The van der Waals surface area contributed by atoms with E-state index in [0.717, 1.165) is 5.56 Å². The highest BCUT2D eigenvalue weighted by atomic mass is 35.5. The molecule has 0 saturated heterocycles. The van der Waals surface area contributed by atoms with Gasteiger partial charge in [0.2, 0.25) is 0 Å². The SMILES string of the molecule is CNc1ccc(Cl)c(C(=O)Nc2ccc(CCO)cc2)n1. The molecular formula is C15H16ClN3O2. The van der Waals surface area contributed by atoms with Gasteiger partial charge in [-0.05, 0) is 36.2 Å². The number of pyridine rings is 1. The van der Waals surface area contributed by atoms with E-state index in [1.165, 1.54) is 0 Å². The van der Waals surface area contributed by atoms with E-state index >= 15 is 0 Å². The van der Waals surface area contributed by atoms with Crippen molar-refractivity contribution in [3.63, 3.8) is 0 Å². The number of amides is 1. The Hall–Kier alpha value is -2.11. The van der Waals surface area contributed by atoms with Crippen LogP contribution in [0.25, 0.3) is 0 Å². The number of aliphatic hydroxyl groups is 1. The fourth-order valence-corrected chi connectivity index (χ4v) is 2.01. The van der Waals surface area contributed by atoms with Crippen LogP contribution in [0, 0.1) is 0 Å². The molecule has 2 rings (SSSR count). The predicted octanol–water partition coefficient (Wildman–Crippen LogP) is 2.56. The summed E-state index contributed by atoms with van der Waals surface area (Å²) in [4.78, 5) is 16.3. The highest BCUT2D eigenvalue weighted by molar-refractivity contribution is 6.34. The van der Waals surface area contributed by atoms with Gasteiger partial charge in [-0.25, -0.2) is 4.98 Å². The van der Waals surface area contributed by atoms with Gasteiger partial charge in [-0.15, -0.1) is 0 Å². The summed E-state index contributed by atoms with van der Waals surface area (Å²) in [7, 11) is 1.72. The molecule has 0 saturated carbocycles. The normalized spacial score (nSPS) is 10.2. The smallest absolute Gasteiger partial charge is 0.275 e. The van der Waals surface area contributed by atoms with Crippen LogP contribution in [0.2, 0.25) is 5.02 Å². The van der Waals surface area contributed by atoms with Gasteiger partial charge in [-0.3, -0.25) is 4.79 Å². The molecule has 1 aromatic heterocycles. The molecule has 0 atom stereocenters. The lowest BCUT2D eigenvalue weighted by molar-refractivity contribution is 0.102. The molecule has 6 heteroatoms. The standard InChI is InChI=1S/C15H16ClN3O2/c1-17-13-7-6-12(16)14(19-13)15(21)18-11-4-2-10(3-5-11)8-9-20/h2-7,20H,8-9H2,1H3,(H,17,19)(H,18,21). The molecule has 3 N–H and O–H groups in total. The fourth-order valence-electron chi connectivity index (χ4n) is 1.81. The maximum absolute atomic E-state index is 12.2. The number of anilines is 2. The highest BCUT2D eigenvalue weighted by Gasteiger charge is 2.13. The number of hydrogen-bond donors (Lipinski definition) is 3. The molecule has 0 aliphatic rings. The van der Waals surface area contributed by atoms with Crippen LogP contribution in [0.1, 0.15) is 16.1 Å². The van der Waals surface area contributed by atoms with Crippen molar-refractivity contribution in [2.24, 2.45) is 0 Å². The van der Waals surface area contributed by atoms with Gasteiger partial charge >= 0.3 is 0 Å². The maximum atomic E-state index is 12.2. The first-order chi connectivity index (χ1) is 10.1. The van der Waals surface area contributed by atoms with Crippen molar-refractivity contribution in [1.29, 1.82) is 0 Å². The summed E-state index contributed by atoms with van der Waals surface area (Å²) >= 11 is 6.00. The number of carbonyl (C=O) groups is 1. The third-order valence-electron chi connectivity index (χ3n) is 2.93. The van der Waals surface area contributed by atoms with Crippen LogP contribution in [-0.2, 0) is 6.42 Å². The van der Waals surface area contributed by atoms with E-state index in [2.05, 4.69) is 15.6 Å². The molecule has 0 radical (unpaired) electrons. The monoisotopic (exact) mass is 305 g/mol. The summed E-state index contributed by atoms with van der Waals surface area (Å²) in [6.45, 7) is 0.0992. The molecule has 1 aromatic carbocycles. The third kappa shape index (κ3) is 3.93. The van der Waals surface area contributed by atoms with Crippen LogP contribution in [0.15, 0.2) is 36.4 Å². The predicted molar refractivity (Wildman–Crippen MR) is 84.0 cm³/mol. The Morgan fingerprint density at radius 3 is 2.57 bits per heavy atom. The zero-order valence-corrected chi connectivity index (χ0v) is 12.3. The molecule has 0 aliphatic carbocycles. The third-order valence-corrected chi connectivity index (χ3v) is 3.23. The maximum Gasteiger partial charge on any atom is 0.275 e. The van der Waals surface area contributed by atoms with Crippen molar-refractivity contribution in [3.05, 3.63) is 52.7 Å². The van der Waals surface area contributed by atoms with Gasteiger partial charge in [0.1, 0.15) is 11.5 Å². The Morgan fingerprint density at radius 1 is 1.24 bits per heavy atom. The topological polar surface area (TPSA) is 74.2 Å². The molecule has 21 heavy (non-hydrogen) atoms. The van der Waals surface area contributed by atoms with E-state index in [1.807, 2.05) is 12.1 Å². The van der Waals surface area contributed by atoms with Gasteiger partial charge in [0.25, 0.3) is 5.91 Å². The van der Waals surface area contributed by atoms with Crippen molar-refractivity contribution in [3.8, 4) is 0 Å². The second-order valence-electron chi connectivity index (χ2n) is 4.40. The van der Waals surface area contributed by atoms with Gasteiger partial charge in [-0.1, -0.05) is 23.7 Å². The molecule has 2 aromatic rings. The second kappa shape index (κ2) is 7.06. The molecule has 0 bridgehead atoms. The Morgan fingerprint density at radius 2 is 1.95 bits per heavy atom. The Bertz CT molecular complexity index is 629. The number of benzene rings is 1. The molecule has 1 heterocycles. The number of aliphatic hydroxyl groups excluding tert-OH is 1. The van der Waals surface area contributed by atoms with Crippen molar-refractivity contribution in [2.75, 3.05) is 24.3 Å². The lowest BCUT2D eigenvalue weighted by atomic mass is 10.1. The van der Waals surface area contributed by atoms with E-state index in [1.54, 1.807) is 31.3 Å². The van der Waals surface area contributed by atoms with Crippen LogP contribution in [0.5, 0.6) is 0 Å². The highest BCUT2D eigenvalue weighted by Crippen LogP contribution is 2.18. The number of aromatic nitrogens is 1. The number of rotatable bonds is 5. The average Bonchev–Trinajstić information content (AvgIpc) is 2.50. The fraction of sp³-hybridized carbons (Fsp3) is 0.200. The Labute approximate surface area is 128 Å². The molecular weight excluding hydrogens is 290 g/mol. The minimum Gasteiger partial charge on any atom is -0.396 e. The Balaban J connectivity index is 2.14. The van der Waals surface area contributed by atoms with Crippen molar-refractivity contribution in [1.82, 2.24) is 4.98 Å². The van der Waals surface area contributed by atoms with Crippen LogP contribution in [-0.4, -0.2) is 29.7 Å². The molecule has 0 aliphatic heterocycles. The molecule has 0 spiro atoms. The van der Waals surface area contributed by atoms with Crippen LogP contribution >= 0.6 is 11.6 Å². The van der Waals surface area contributed by atoms with Gasteiger partial charge in [-0.2, -0.15) is 0 Å². The van der Waals surface area contributed by atoms with Gasteiger partial charge in [0.05, 0.1) is 5.02 Å². The largest absolute Gasteiger partial charge is 0.396 e. The van der Waals surface area contributed by atoms with Gasteiger partial charge in [0, 0.05) is 19.3 Å². The average molecular weight is 306 g/mol. The Kier molecular flexibility index (Phi) is 5.14. The van der Waals surface area contributed by atoms with E-state index in [-0.39, 0.29) is 18.2 Å². The summed E-state index contributed by atoms with van der Waals surface area (Å²) in [5.41, 5.74) is 1.82. The number of halogens is 1. The molecule has 110 valence electrons. The zero-order chi connectivity index (χ0) is 15.2. The zero-order valence-electron chi connectivity index (χ0n) is 11.6. The number of nitrogens with one attached hydrogen (secondary N) is 2. The van der Waals surface area contributed by atoms with Crippen LogP contribution in [0.4, 0.5) is 11.5 Å². The summed E-state index contributed by atoms with van der Waals surface area (Å²) < 4.78 is 0. The second-order valence-corrected chi connectivity index (χ2v) is 4.81. The molecule has 1 amide bonds. The first kappa shape index (κ1) is 15.3. The molecule has 0 unspecified atom stereocenters. The lowest BCUT2D eigenvalue weighted by Gasteiger charge is -2.08. The molecule has 0 fully saturated rings. The van der Waals surface area contributed by atoms with E-state index in [9.17, 15) is 4.79 Å². The van der Waals surface area contributed by atoms with E-state index < -0.39 is 0 Å².